The van der Waals surface area contributed by atoms with Gasteiger partial charge in [-0.3, -0.25) is 0 Å². The highest BCUT2D eigenvalue weighted by molar-refractivity contribution is 5.74. The van der Waals surface area contributed by atoms with Crippen LogP contribution in [0.1, 0.15) is 26.2 Å². The summed E-state index contributed by atoms with van der Waals surface area (Å²) in [5.74, 6) is 0. The number of carbonyl (C=O) groups is 1. The molecule has 2 amide bonds. The predicted molar refractivity (Wildman–Crippen MR) is 52.5 cm³/mol. The molecule has 1 heterocycles. The highest BCUT2D eigenvalue weighted by Crippen LogP contribution is 2.15. The molecule has 1 unspecified atom stereocenters. The first-order valence-electron chi connectivity index (χ1n) is 5.00. The minimum atomic E-state index is 0.0680. The van der Waals surface area contributed by atoms with Crippen LogP contribution >= 0.6 is 0 Å². The van der Waals surface area contributed by atoms with E-state index in [4.69, 9.17) is 5.73 Å². The third kappa shape index (κ3) is 2.88. The van der Waals surface area contributed by atoms with Gasteiger partial charge in [0.2, 0.25) is 0 Å². The fraction of sp³-hybridized carbons (Fsp3) is 0.889. The molecule has 0 saturated carbocycles. The van der Waals surface area contributed by atoms with Crippen LogP contribution in [0, 0.1) is 0 Å². The Labute approximate surface area is 79.5 Å². The van der Waals surface area contributed by atoms with Gasteiger partial charge in [-0.1, -0.05) is 0 Å². The summed E-state index contributed by atoms with van der Waals surface area (Å²) in [5, 5.41) is 2.86. The summed E-state index contributed by atoms with van der Waals surface area (Å²) in [7, 11) is 0. The molecule has 0 aromatic heterocycles. The molecule has 0 aromatic rings. The van der Waals surface area contributed by atoms with E-state index in [0.717, 1.165) is 25.8 Å². The number of nitrogens with two attached hydrogens (primary N) is 1. The van der Waals surface area contributed by atoms with Crippen LogP contribution in [0.15, 0.2) is 0 Å². The summed E-state index contributed by atoms with van der Waals surface area (Å²) >= 11 is 0. The van der Waals surface area contributed by atoms with Crippen LogP contribution in [0.4, 0.5) is 4.79 Å². The van der Waals surface area contributed by atoms with Gasteiger partial charge in [0, 0.05) is 19.1 Å². The van der Waals surface area contributed by atoms with Gasteiger partial charge in [0.25, 0.3) is 0 Å². The van der Waals surface area contributed by atoms with E-state index in [-0.39, 0.29) is 6.03 Å². The molecule has 1 aliphatic heterocycles. The first kappa shape index (κ1) is 10.3. The molecule has 1 atom stereocenters. The third-order valence-corrected chi connectivity index (χ3v) is 2.47. The smallest absolute Gasteiger partial charge is 0.317 e. The maximum atomic E-state index is 11.5. The fourth-order valence-corrected chi connectivity index (χ4v) is 1.63. The normalized spacial score (nSPS) is 22.0. The molecule has 4 nitrogen and oxygen atoms in total. The second-order valence-electron chi connectivity index (χ2n) is 3.56. The zero-order chi connectivity index (χ0) is 9.68. The summed E-state index contributed by atoms with van der Waals surface area (Å²) < 4.78 is 0. The minimum Gasteiger partial charge on any atom is -0.338 e. The van der Waals surface area contributed by atoms with Crippen molar-refractivity contribution in [2.24, 2.45) is 5.73 Å². The van der Waals surface area contributed by atoms with Gasteiger partial charge in [-0.05, 0) is 32.7 Å². The molecule has 0 spiro atoms. The lowest BCUT2D eigenvalue weighted by molar-refractivity contribution is 0.196. The van der Waals surface area contributed by atoms with Crippen molar-refractivity contribution in [3.63, 3.8) is 0 Å². The molecule has 0 aliphatic carbocycles. The van der Waals surface area contributed by atoms with E-state index < -0.39 is 0 Å². The molecule has 1 aliphatic rings. The largest absolute Gasteiger partial charge is 0.338 e. The van der Waals surface area contributed by atoms with Crippen LogP contribution in [0.2, 0.25) is 0 Å². The van der Waals surface area contributed by atoms with Gasteiger partial charge in [0.1, 0.15) is 0 Å². The fourth-order valence-electron chi connectivity index (χ4n) is 1.63. The lowest BCUT2D eigenvalue weighted by atomic mass is 10.2. The zero-order valence-corrected chi connectivity index (χ0v) is 8.25. The maximum Gasteiger partial charge on any atom is 0.317 e. The molecule has 1 saturated heterocycles. The first-order valence-corrected chi connectivity index (χ1v) is 5.00. The van der Waals surface area contributed by atoms with Crippen molar-refractivity contribution in [1.82, 2.24) is 10.2 Å². The van der Waals surface area contributed by atoms with Crippen molar-refractivity contribution in [2.75, 3.05) is 19.6 Å². The number of hydrogen-bond donors (Lipinski definition) is 2. The van der Waals surface area contributed by atoms with Gasteiger partial charge < -0.3 is 16.0 Å². The third-order valence-electron chi connectivity index (χ3n) is 2.47. The molecular formula is C9H19N3O. The number of hydrogen-bond acceptors (Lipinski definition) is 2. The summed E-state index contributed by atoms with van der Waals surface area (Å²) in [4.78, 5) is 13.4. The van der Waals surface area contributed by atoms with Crippen LogP contribution in [0.5, 0.6) is 0 Å². The number of carbonyl (C=O) groups excluding carboxylic acids is 1. The van der Waals surface area contributed by atoms with E-state index in [1.807, 2.05) is 4.90 Å². The number of likely N-dealkylation sites (tertiary alicyclic amines) is 1. The zero-order valence-electron chi connectivity index (χ0n) is 8.25. The van der Waals surface area contributed by atoms with E-state index >= 15 is 0 Å². The summed E-state index contributed by atoms with van der Waals surface area (Å²) in [6.07, 6.45) is 3.11. The van der Waals surface area contributed by atoms with Crippen molar-refractivity contribution in [1.29, 1.82) is 0 Å². The highest BCUT2D eigenvalue weighted by atomic mass is 16.2. The van der Waals surface area contributed by atoms with Crippen molar-refractivity contribution >= 4 is 6.03 Å². The summed E-state index contributed by atoms with van der Waals surface area (Å²) in [5.41, 5.74) is 5.33. The summed E-state index contributed by atoms with van der Waals surface area (Å²) in [6, 6.07) is 0.469. The number of rotatable bonds is 3. The van der Waals surface area contributed by atoms with E-state index in [1.165, 1.54) is 0 Å². The van der Waals surface area contributed by atoms with Crippen LogP contribution < -0.4 is 11.1 Å². The average Bonchev–Trinajstić information content (AvgIpc) is 2.52. The van der Waals surface area contributed by atoms with Gasteiger partial charge in [-0.15, -0.1) is 0 Å². The predicted octanol–water partition coefficient (Wildman–Crippen LogP) is 0.529. The van der Waals surface area contributed by atoms with Crippen molar-refractivity contribution in [3.05, 3.63) is 0 Å². The van der Waals surface area contributed by atoms with Crippen molar-refractivity contribution in [3.8, 4) is 0 Å². The van der Waals surface area contributed by atoms with Crippen molar-refractivity contribution in [2.45, 2.75) is 32.2 Å². The first-order chi connectivity index (χ1) is 6.25. The number of nitrogens with zero attached hydrogens (tertiary/aromatic N) is 1. The SMILES string of the molecule is CC1CCCN1C(=O)NCCCN. The molecule has 0 bridgehead atoms. The van der Waals surface area contributed by atoms with Gasteiger partial charge >= 0.3 is 6.03 Å². The number of amides is 2. The van der Waals surface area contributed by atoms with Gasteiger partial charge in [0.05, 0.1) is 0 Å². The van der Waals surface area contributed by atoms with Crippen LogP contribution in [0.25, 0.3) is 0 Å². The Hall–Kier alpha value is -0.770. The van der Waals surface area contributed by atoms with Crippen LogP contribution in [-0.4, -0.2) is 36.6 Å². The molecule has 1 rings (SSSR count). The standard InChI is InChI=1S/C9H19N3O/c1-8-4-2-7-12(8)9(13)11-6-3-5-10/h8H,2-7,10H2,1H3,(H,11,13). The molecule has 4 heteroatoms. The molecular weight excluding hydrogens is 166 g/mol. The molecule has 3 N–H and O–H groups in total. The highest BCUT2D eigenvalue weighted by Gasteiger charge is 2.24. The van der Waals surface area contributed by atoms with E-state index in [1.54, 1.807) is 0 Å². The molecule has 0 aromatic carbocycles. The summed E-state index contributed by atoms with van der Waals surface area (Å²) in [6.45, 7) is 4.32. The molecule has 13 heavy (non-hydrogen) atoms. The molecule has 76 valence electrons. The second-order valence-corrected chi connectivity index (χ2v) is 3.56. The Morgan fingerprint density at radius 3 is 3.00 bits per heavy atom. The number of nitrogens with one attached hydrogen (secondary N) is 1. The average molecular weight is 185 g/mol. The van der Waals surface area contributed by atoms with Crippen molar-refractivity contribution < 1.29 is 4.79 Å². The maximum absolute atomic E-state index is 11.5. The monoisotopic (exact) mass is 185 g/mol. The number of urea groups is 1. The van der Waals surface area contributed by atoms with E-state index in [2.05, 4.69) is 12.2 Å². The molecule has 1 fully saturated rings. The quantitative estimate of drug-likeness (QED) is 0.630. The Morgan fingerprint density at radius 2 is 2.46 bits per heavy atom. The molecule has 0 radical (unpaired) electrons. The van der Waals surface area contributed by atoms with E-state index in [0.29, 0.717) is 19.1 Å². The van der Waals surface area contributed by atoms with Crippen LogP contribution in [0.3, 0.4) is 0 Å². The lowest BCUT2D eigenvalue weighted by Crippen LogP contribution is -2.42. The Morgan fingerprint density at radius 1 is 1.69 bits per heavy atom. The van der Waals surface area contributed by atoms with Gasteiger partial charge in [-0.25, -0.2) is 4.79 Å². The Bertz CT molecular complexity index is 172. The van der Waals surface area contributed by atoms with Crippen LogP contribution in [-0.2, 0) is 0 Å². The second kappa shape index (κ2) is 5.07. The van der Waals surface area contributed by atoms with Gasteiger partial charge in [-0.2, -0.15) is 0 Å². The van der Waals surface area contributed by atoms with E-state index in [9.17, 15) is 4.79 Å². The lowest BCUT2D eigenvalue weighted by Gasteiger charge is -2.21. The Balaban J connectivity index is 2.22. The minimum absolute atomic E-state index is 0.0680. The van der Waals surface area contributed by atoms with Gasteiger partial charge in [0.15, 0.2) is 0 Å². The Kier molecular flexibility index (Phi) is 4.02. The topological polar surface area (TPSA) is 58.4 Å².